The lowest BCUT2D eigenvalue weighted by molar-refractivity contribution is 0.196. The Balaban J connectivity index is 1.81. The monoisotopic (exact) mass is 318 g/mol. The Morgan fingerprint density at radius 1 is 1.26 bits per heavy atom. The minimum absolute atomic E-state index is 0.135. The summed E-state index contributed by atoms with van der Waals surface area (Å²) in [5, 5.41) is 11.7. The van der Waals surface area contributed by atoms with E-state index in [9.17, 15) is 0 Å². The Morgan fingerprint density at radius 3 is 2.48 bits per heavy atom. The molecule has 23 heavy (non-hydrogen) atoms. The van der Waals surface area contributed by atoms with Crippen LogP contribution >= 0.6 is 0 Å². The summed E-state index contributed by atoms with van der Waals surface area (Å²) < 4.78 is 5.39. The van der Waals surface area contributed by atoms with Gasteiger partial charge in [-0.15, -0.1) is 0 Å². The van der Waals surface area contributed by atoms with Gasteiger partial charge in [0.15, 0.2) is 5.84 Å². The lowest BCUT2D eigenvalue weighted by atomic mass is 10.1. The van der Waals surface area contributed by atoms with Crippen molar-refractivity contribution < 1.29 is 9.94 Å². The molecule has 0 saturated carbocycles. The maximum atomic E-state index is 8.69. The summed E-state index contributed by atoms with van der Waals surface area (Å²) in [6.07, 6.45) is 0.891. The van der Waals surface area contributed by atoms with Crippen molar-refractivity contribution in [3.8, 4) is 0 Å². The summed E-state index contributed by atoms with van der Waals surface area (Å²) in [6.45, 7) is 11.6. The van der Waals surface area contributed by atoms with Crippen LogP contribution in [0.25, 0.3) is 0 Å². The van der Waals surface area contributed by atoms with Crippen LogP contribution in [-0.4, -0.2) is 55.3 Å². The first kappa shape index (κ1) is 17.1. The van der Waals surface area contributed by atoms with Gasteiger partial charge in [0, 0.05) is 50.4 Å². The average Bonchev–Trinajstić information content (AvgIpc) is 2.60. The first-order valence-electron chi connectivity index (χ1n) is 8.00. The first-order chi connectivity index (χ1) is 11.1. The van der Waals surface area contributed by atoms with Gasteiger partial charge in [-0.3, -0.25) is 4.90 Å². The summed E-state index contributed by atoms with van der Waals surface area (Å²) in [7, 11) is 0. The third-order valence-electron chi connectivity index (χ3n) is 4.06. The predicted molar refractivity (Wildman–Crippen MR) is 93.0 cm³/mol. The van der Waals surface area contributed by atoms with Crippen molar-refractivity contribution in [3.63, 3.8) is 0 Å². The van der Waals surface area contributed by atoms with Gasteiger partial charge in [0.1, 0.15) is 0 Å². The third-order valence-corrected chi connectivity index (χ3v) is 4.06. The van der Waals surface area contributed by atoms with E-state index in [4.69, 9.17) is 15.7 Å². The Bertz CT molecular complexity index is 534. The molecule has 1 aromatic rings. The molecule has 0 bridgehead atoms. The molecule has 0 aliphatic carbocycles. The summed E-state index contributed by atoms with van der Waals surface area (Å²) >= 11 is 0. The van der Waals surface area contributed by atoms with E-state index < -0.39 is 0 Å². The van der Waals surface area contributed by atoms with Crippen molar-refractivity contribution in [3.05, 3.63) is 42.2 Å². The lowest BCUT2D eigenvalue weighted by Gasteiger charge is -2.36. The van der Waals surface area contributed by atoms with E-state index in [1.165, 1.54) is 0 Å². The highest BCUT2D eigenvalue weighted by Crippen LogP contribution is 2.17. The SMILES string of the molecule is C=C(CCN1CCN(c2ccc(/C(N)=N/O)cc2)CC1)OCC. The van der Waals surface area contributed by atoms with Crippen LogP contribution in [-0.2, 0) is 4.74 Å². The van der Waals surface area contributed by atoms with Crippen LogP contribution in [0.3, 0.4) is 0 Å². The number of nitrogens with zero attached hydrogens (tertiary/aromatic N) is 3. The smallest absolute Gasteiger partial charge is 0.170 e. The molecule has 0 aromatic heterocycles. The Kier molecular flexibility index (Phi) is 6.29. The second-order valence-electron chi connectivity index (χ2n) is 5.58. The van der Waals surface area contributed by atoms with Gasteiger partial charge in [-0.05, 0) is 31.2 Å². The van der Waals surface area contributed by atoms with E-state index in [1.807, 2.05) is 31.2 Å². The largest absolute Gasteiger partial charge is 0.499 e. The lowest BCUT2D eigenvalue weighted by Crippen LogP contribution is -2.46. The van der Waals surface area contributed by atoms with Crippen molar-refractivity contribution in [2.24, 2.45) is 10.9 Å². The van der Waals surface area contributed by atoms with Gasteiger partial charge in [-0.1, -0.05) is 11.7 Å². The van der Waals surface area contributed by atoms with Crippen molar-refractivity contribution in [1.29, 1.82) is 0 Å². The standard InChI is InChI=1S/C17H26N4O2/c1-3-23-14(2)8-9-20-10-12-21(13-11-20)16-6-4-15(5-7-16)17(18)19-22/h4-7,22H,2-3,8-13H2,1H3,(H2,18,19). The number of oxime groups is 1. The second-order valence-corrected chi connectivity index (χ2v) is 5.58. The van der Waals surface area contributed by atoms with E-state index in [0.29, 0.717) is 6.61 Å². The molecule has 3 N–H and O–H groups in total. The van der Waals surface area contributed by atoms with Gasteiger partial charge in [0.2, 0.25) is 0 Å². The maximum absolute atomic E-state index is 8.69. The fourth-order valence-electron chi connectivity index (χ4n) is 2.69. The average molecular weight is 318 g/mol. The molecule has 1 aliphatic heterocycles. The molecule has 1 fully saturated rings. The van der Waals surface area contributed by atoms with Crippen molar-refractivity contribution >= 4 is 11.5 Å². The zero-order chi connectivity index (χ0) is 16.7. The molecule has 0 amide bonds. The molecule has 0 spiro atoms. The van der Waals surface area contributed by atoms with Crippen LogP contribution < -0.4 is 10.6 Å². The number of benzene rings is 1. The quantitative estimate of drug-likeness (QED) is 0.264. The van der Waals surface area contributed by atoms with Gasteiger partial charge >= 0.3 is 0 Å². The molecule has 1 aliphatic rings. The van der Waals surface area contributed by atoms with Crippen LogP contribution in [0.5, 0.6) is 0 Å². The summed E-state index contributed by atoms with van der Waals surface area (Å²) in [5.74, 6) is 1.00. The Hall–Kier alpha value is -2.21. The fourth-order valence-corrected chi connectivity index (χ4v) is 2.69. The van der Waals surface area contributed by atoms with Gasteiger partial charge in [-0.25, -0.2) is 0 Å². The number of nitrogens with two attached hydrogens (primary N) is 1. The Labute approximate surface area is 137 Å². The van der Waals surface area contributed by atoms with Crippen molar-refractivity contribution in [2.45, 2.75) is 13.3 Å². The fraction of sp³-hybridized carbons (Fsp3) is 0.471. The van der Waals surface area contributed by atoms with Gasteiger partial charge in [-0.2, -0.15) is 0 Å². The molecule has 6 heteroatoms. The molecule has 2 rings (SSSR count). The predicted octanol–water partition coefficient (Wildman–Crippen LogP) is 1.84. The van der Waals surface area contributed by atoms with E-state index >= 15 is 0 Å². The number of hydrogen-bond acceptors (Lipinski definition) is 5. The minimum atomic E-state index is 0.135. The number of anilines is 1. The van der Waals surface area contributed by atoms with E-state index in [1.54, 1.807) is 0 Å². The summed E-state index contributed by atoms with van der Waals surface area (Å²) in [5.41, 5.74) is 7.47. The molecule has 1 aromatic carbocycles. The van der Waals surface area contributed by atoms with Crippen LogP contribution in [0.2, 0.25) is 0 Å². The highest BCUT2D eigenvalue weighted by molar-refractivity contribution is 5.97. The number of rotatable bonds is 7. The minimum Gasteiger partial charge on any atom is -0.499 e. The van der Waals surface area contributed by atoms with Crippen LogP contribution in [0.1, 0.15) is 18.9 Å². The number of piperazine rings is 1. The van der Waals surface area contributed by atoms with Crippen molar-refractivity contribution in [1.82, 2.24) is 4.90 Å². The molecule has 6 nitrogen and oxygen atoms in total. The van der Waals surface area contributed by atoms with E-state index in [2.05, 4.69) is 21.5 Å². The molecular weight excluding hydrogens is 292 g/mol. The molecule has 126 valence electrons. The number of hydrogen-bond donors (Lipinski definition) is 2. The normalized spacial score (nSPS) is 16.4. The topological polar surface area (TPSA) is 74.3 Å². The number of ether oxygens (including phenoxy) is 1. The second kappa shape index (κ2) is 8.43. The van der Waals surface area contributed by atoms with Crippen LogP contribution in [0.15, 0.2) is 41.8 Å². The van der Waals surface area contributed by atoms with E-state index in [0.717, 1.165) is 56.2 Å². The zero-order valence-corrected chi connectivity index (χ0v) is 13.7. The summed E-state index contributed by atoms with van der Waals surface area (Å²) in [4.78, 5) is 4.79. The van der Waals surface area contributed by atoms with Gasteiger partial charge < -0.3 is 20.6 Å². The Morgan fingerprint density at radius 2 is 1.91 bits per heavy atom. The van der Waals surface area contributed by atoms with Crippen molar-refractivity contribution in [2.75, 3.05) is 44.2 Å². The van der Waals surface area contributed by atoms with Crippen LogP contribution in [0.4, 0.5) is 5.69 Å². The highest BCUT2D eigenvalue weighted by atomic mass is 16.5. The molecule has 0 unspecified atom stereocenters. The first-order valence-corrected chi connectivity index (χ1v) is 8.00. The third kappa shape index (κ3) is 4.89. The van der Waals surface area contributed by atoms with Crippen LogP contribution in [0, 0.1) is 0 Å². The molecule has 1 saturated heterocycles. The maximum Gasteiger partial charge on any atom is 0.170 e. The zero-order valence-electron chi connectivity index (χ0n) is 13.7. The number of amidine groups is 1. The van der Waals surface area contributed by atoms with Gasteiger partial charge in [0.05, 0.1) is 12.4 Å². The van der Waals surface area contributed by atoms with E-state index in [-0.39, 0.29) is 5.84 Å². The molecule has 0 radical (unpaired) electrons. The molecular formula is C17H26N4O2. The van der Waals surface area contributed by atoms with Gasteiger partial charge in [0.25, 0.3) is 0 Å². The molecule has 0 atom stereocenters. The summed E-state index contributed by atoms with van der Waals surface area (Å²) in [6, 6.07) is 7.78. The molecule has 1 heterocycles. The highest BCUT2D eigenvalue weighted by Gasteiger charge is 2.17.